The van der Waals surface area contributed by atoms with Gasteiger partial charge in [0.15, 0.2) is 0 Å². The number of benzene rings is 2. The first-order chi connectivity index (χ1) is 16.9. The first kappa shape index (κ1) is 25.7. The zero-order chi connectivity index (χ0) is 26.1. The van der Waals surface area contributed by atoms with Crippen LogP contribution in [-0.2, 0) is 16.2 Å². The Morgan fingerprint density at radius 3 is 2.33 bits per heavy atom. The number of alkyl halides is 3. The summed E-state index contributed by atoms with van der Waals surface area (Å²) in [6.45, 7) is 0. The largest absolute Gasteiger partial charge is 0.416 e. The monoisotopic (exact) mass is 555 g/mol. The van der Waals surface area contributed by atoms with Crippen molar-refractivity contribution in [1.82, 2.24) is 15.0 Å². The van der Waals surface area contributed by atoms with Crippen LogP contribution in [0, 0.1) is 5.82 Å². The van der Waals surface area contributed by atoms with Crippen molar-refractivity contribution >= 4 is 45.2 Å². The fraction of sp³-hybridized carbons (Fsp3) is 0.0455. The maximum absolute atomic E-state index is 14.9. The molecule has 2 aromatic heterocycles. The summed E-state index contributed by atoms with van der Waals surface area (Å²) in [5, 5.41) is -0.143. The molecule has 0 aliphatic carbocycles. The van der Waals surface area contributed by atoms with Crippen molar-refractivity contribution in [2.45, 2.75) is 20.9 Å². The van der Waals surface area contributed by atoms with Gasteiger partial charge in [-0.2, -0.15) is 13.2 Å². The molecule has 14 heteroatoms. The summed E-state index contributed by atoms with van der Waals surface area (Å²) in [4.78, 5) is 10.9. The van der Waals surface area contributed by atoms with Crippen molar-refractivity contribution in [3.63, 3.8) is 0 Å². The zero-order valence-corrected chi connectivity index (χ0v) is 20.2. The molecule has 0 saturated carbocycles. The molecule has 0 spiro atoms. The third-order valence-corrected chi connectivity index (χ3v) is 7.59. The molecule has 0 amide bonds. The Morgan fingerprint density at radius 2 is 1.67 bits per heavy atom. The number of hydrogen-bond donors (Lipinski definition) is 2. The Kier molecular flexibility index (Phi) is 7.07. The predicted molar refractivity (Wildman–Crippen MR) is 127 cm³/mol. The van der Waals surface area contributed by atoms with Crippen LogP contribution in [0.15, 0.2) is 81.8 Å². The van der Waals surface area contributed by atoms with E-state index in [0.717, 1.165) is 36.0 Å². The SMILES string of the molecule is Nc1cc(-c2cc(C(F)(F)F)ccc2Sc2cc(F)c(S(=O)(=O)Nc3ncccn3)cc2Cl)ccn1. The first-order valence-electron chi connectivity index (χ1n) is 9.84. The van der Waals surface area contributed by atoms with Gasteiger partial charge in [-0.25, -0.2) is 32.5 Å². The molecule has 3 N–H and O–H groups in total. The van der Waals surface area contributed by atoms with Crippen LogP contribution in [0.25, 0.3) is 11.1 Å². The molecule has 4 aromatic rings. The highest BCUT2D eigenvalue weighted by Crippen LogP contribution is 2.43. The van der Waals surface area contributed by atoms with Gasteiger partial charge in [-0.15, -0.1) is 0 Å². The highest BCUT2D eigenvalue weighted by molar-refractivity contribution is 7.99. The molecule has 0 unspecified atom stereocenters. The Balaban J connectivity index is 1.73. The third-order valence-electron chi connectivity index (χ3n) is 4.69. The molecule has 7 nitrogen and oxygen atoms in total. The van der Waals surface area contributed by atoms with Gasteiger partial charge in [-0.05, 0) is 59.7 Å². The quantitative estimate of drug-likeness (QED) is 0.286. The molecule has 4 rings (SSSR count). The lowest BCUT2D eigenvalue weighted by molar-refractivity contribution is -0.137. The van der Waals surface area contributed by atoms with Crippen molar-refractivity contribution in [1.29, 1.82) is 0 Å². The van der Waals surface area contributed by atoms with Gasteiger partial charge < -0.3 is 5.73 Å². The summed E-state index contributed by atoms with van der Waals surface area (Å²) < 4.78 is 82.3. The van der Waals surface area contributed by atoms with E-state index < -0.39 is 32.5 Å². The lowest BCUT2D eigenvalue weighted by atomic mass is 10.0. The Morgan fingerprint density at radius 1 is 0.944 bits per heavy atom. The minimum Gasteiger partial charge on any atom is -0.384 e. The predicted octanol–water partition coefficient (Wildman–Crippen LogP) is 5.88. The number of sulfonamides is 1. The number of hydrogen-bond acceptors (Lipinski definition) is 7. The Hall–Kier alpha value is -3.42. The molecule has 36 heavy (non-hydrogen) atoms. The molecular formula is C22H14ClF4N5O2S2. The molecular weight excluding hydrogens is 542 g/mol. The number of nitrogens with zero attached hydrogens (tertiary/aromatic N) is 3. The van der Waals surface area contributed by atoms with Crippen LogP contribution in [0.5, 0.6) is 0 Å². The Labute approximate surface area is 211 Å². The van der Waals surface area contributed by atoms with Crippen LogP contribution < -0.4 is 10.5 Å². The topological polar surface area (TPSA) is 111 Å². The average Bonchev–Trinajstić information content (AvgIpc) is 2.81. The standard InChI is InChI=1S/C22H14ClF4N5O2S2/c23-15-10-19(36(33,34)32-21-30-5-1-6-31-21)16(24)11-18(15)35-17-3-2-13(22(25,26)27)9-14(17)12-4-7-29-20(28)8-12/h1-11H,(H2,28,29)(H,30,31,32). The second kappa shape index (κ2) is 9.91. The molecule has 0 radical (unpaired) electrons. The number of anilines is 2. The smallest absolute Gasteiger partial charge is 0.384 e. The summed E-state index contributed by atoms with van der Waals surface area (Å²) in [6, 6.07) is 9.16. The van der Waals surface area contributed by atoms with Gasteiger partial charge in [-0.1, -0.05) is 23.4 Å². The Bertz CT molecular complexity index is 1540. The van der Waals surface area contributed by atoms with Gasteiger partial charge in [0.25, 0.3) is 10.0 Å². The number of nitrogen functional groups attached to an aromatic ring is 1. The molecule has 0 saturated heterocycles. The number of rotatable bonds is 6. The highest BCUT2D eigenvalue weighted by Gasteiger charge is 2.31. The van der Waals surface area contributed by atoms with E-state index in [1.165, 1.54) is 42.9 Å². The van der Waals surface area contributed by atoms with Crippen molar-refractivity contribution in [3.05, 3.63) is 83.5 Å². The maximum Gasteiger partial charge on any atom is 0.416 e. The van der Waals surface area contributed by atoms with E-state index in [9.17, 15) is 26.0 Å². The molecule has 186 valence electrons. The summed E-state index contributed by atoms with van der Waals surface area (Å²) in [5.41, 5.74) is 5.30. The second-order valence-corrected chi connectivity index (χ2v) is 10.3. The van der Waals surface area contributed by atoms with Gasteiger partial charge in [-0.3, -0.25) is 0 Å². The number of nitrogens with one attached hydrogen (secondary N) is 1. The average molecular weight is 556 g/mol. The van der Waals surface area contributed by atoms with Crippen LogP contribution in [0.3, 0.4) is 0 Å². The second-order valence-electron chi connectivity index (χ2n) is 7.17. The van der Waals surface area contributed by atoms with Gasteiger partial charge in [0.05, 0.1) is 10.6 Å². The number of pyridine rings is 1. The van der Waals surface area contributed by atoms with E-state index in [4.69, 9.17) is 17.3 Å². The van der Waals surface area contributed by atoms with Crippen LogP contribution >= 0.6 is 23.4 Å². The van der Waals surface area contributed by atoms with E-state index in [2.05, 4.69) is 15.0 Å². The lowest BCUT2D eigenvalue weighted by Crippen LogP contribution is -2.16. The van der Waals surface area contributed by atoms with Crippen molar-refractivity contribution in [2.24, 2.45) is 0 Å². The summed E-state index contributed by atoms with van der Waals surface area (Å²) >= 11 is 7.12. The van der Waals surface area contributed by atoms with Crippen LogP contribution in [0.4, 0.5) is 29.3 Å². The highest BCUT2D eigenvalue weighted by atomic mass is 35.5. The van der Waals surface area contributed by atoms with Crippen molar-refractivity contribution in [2.75, 3.05) is 10.5 Å². The lowest BCUT2D eigenvalue weighted by Gasteiger charge is -2.15. The molecule has 0 aliphatic heterocycles. The molecule has 0 fully saturated rings. The van der Waals surface area contributed by atoms with Gasteiger partial charge in [0.2, 0.25) is 5.95 Å². The summed E-state index contributed by atoms with van der Waals surface area (Å²) in [7, 11) is -4.42. The molecule has 2 heterocycles. The van der Waals surface area contributed by atoms with Gasteiger partial charge in [0.1, 0.15) is 16.5 Å². The molecule has 0 bridgehead atoms. The van der Waals surface area contributed by atoms with Crippen LogP contribution in [-0.4, -0.2) is 23.4 Å². The maximum atomic E-state index is 14.9. The van der Waals surface area contributed by atoms with Gasteiger partial charge in [0, 0.05) is 28.4 Å². The normalized spacial score (nSPS) is 11.9. The number of aromatic nitrogens is 3. The van der Waals surface area contributed by atoms with Crippen LogP contribution in [0.2, 0.25) is 5.02 Å². The summed E-state index contributed by atoms with van der Waals surface area (Å²) in [5.74, 6) is -1.31. The van der Waals surface area contributed by atoms with Crippen molar-refractivity contribution in [3.8, 4) is 11.1 Å². The van der Waals surface area contributed by atoms with Crippen LogP contribution in [0.1, 0.15) is 5.56 Å². The fourth-order valence-corrected chi connectivity index (χ4v) is 5.44. The zero-order valence-electron chi connectivity index (χ0n) is 17.8. The molecule has 0 atom stereocenters. The van der Waals surface area contributed by atoms with E-state index in [-0.39, 0.29) is 27.2 Å². The third kappa shape index (κ3) is 5.69. The number of halogens is 5. The molecule has 0 aliphatic rings. The minimum atomic E-state index is -4.61. The minimum absolute atomic E-state index is 0.0760. The van der Waals surface area contributed by atoms with E-state index in [1.54, 1.807) is 0 Å². The van der Waals surface area contributed by atoms with Crippen molar-refractivity contribution < 1.29 is 26.0 Å². The van der Waals surface area contributed by atoms with E-state index in [0.29, 0.717) is 10.5 Å². The summed E-state index contributed by atoms with van der Waals surface area (Å²) in [6.07, 6.45) is -0.668. The fourth-order valence-electron chi connectivity index (χ4n) is 3.08. The first-order valence-corrected chi connectivity index (χ1v) is 12.5. The van der Waals surface area contributed by atoms with E-state index in [1.807, 2.05) is 4.72 Å². The van der Waals surface area contributed by atoms with Gasteiger partial charge >= 0.3 is 6.18 Å². The molecule has 2 aromatic carbocycles. The van der Waals surface area contributed by atoms with E-state index >= 15 is 0 Å². The number of nitrogens with two attached hydrogens (primary N) is 1.